The molecule has 0 spiro atoms. The van der Waals surface area contributed by atoms with Crippen LogP contribution in [0.25, 0.3) is 0 Å². The molecule has 112 valence electrons. The molecule has 0 unspecified atom stereocenters. The number of ketones is 1. The topological polar surface area (TPSA) is 65.8 Å². The first kappa shape index (κ1) is 16.1. The van der Waals surface area contributed by atoms with E-state index in [1.165, 1.54) is 18.7 Å². The summed E-state index contributed by atoms with van der Waals surface area (Å²) in [6.07, 6.45) is 5.17. The molecule has 0 saturated heterocycles. The van der Waals surface area contributed by atoms with Crippen molar-refractivity contribution in [2.45, 2.75) is 19.8 Å². The lowest BCUT2D eigenvalue weighted by atomic mass is 9.81. The van der Waals surface area contributed by atoms with Crippen molar-refractivity contribution in [2.75, 3.05) is 5.75 Å². The number of thioether (sulfide) groups is 1. The number of pyridine rings is 1. The molecule has 1 aromatic heterocycles. The normalized spacial score (nSPS) is 17.8. The van der Waals surface area contributed by atoms with E-state index in [1.54, 1.807) is 18.5 Å². The van der Waals surface area contributed by atoms with E-state index in [1.807, 2.05) is 19.1 Å². The summed E-state index contributed by atoms with van der Waals surface area (Å²) in [5, 5.41) is 13.6. The number of hydrogen-bond acceptors (Lipinski definition) is 5. The SMILES string of the molecule is C=CCSC1=C(C#N)[C@@H](c2cccnc2)C(C(C)=O)=C(C)N1. The number of carbonyl (C=O) groups is 1. The van der Waals surface area contributed by atoms with Crippen LogP contribution in [-0.4, -0.2) is 16.5 Å². The van der Waals surface area contributed by atoms with Gasteiger partial charge in [-0.05, 0) is 25.5 Å². The summed E-state index contributed by atoms with van der Waals surface area (Å²) in [6.45, 7) is 7.10. The number of nitrogens with one attached hydrogen (secondary N) is 1. The molecule has 5 heteroatoms. The Morgan fingerprint density at radius 2 is 2.41 bits per heavy atom. The third kappa shape index (κ3) is 3.12. The molecule has 0 aromatic carbocycles. The average molecular weight is 311 g/mol. The maximum atomic E-state index is 12.1. The summed E-state index contributed by atoms with van der Waals surface area (Å²) in [5.41, 5.74) is 2.80. The van der Waals surface area contributed by atoms with Gasteiger partial charge in [0.25, 0.3) is 0 Å². The first-order valence-corrected chi connectivity index (χ1v) is 7.85. The lowest BCUT2D eigenvalue weighted by Gasteiger charge is -2.29. The Hall–Kier alpha value is -2.32. The van der Waals surface area contributed by atoms with E-state index in [-0.39, 0.29) is 11.7 Å². The van der Waals surface area contributed by atoms with Gasteiger partial charge in [-0.1, -0.05) is 12.1 Å². The largest absolute Gasteiger partial charge is 0.353 e. The molecule has 0 fully saturated rings. The van der Waals surface area contributed by atoms with Crippen molar-refractivity contribution in [3.8, 4) is 6.07 Å². The molecule has 0 bridgehead atoms. The lowest BCUT2D eigenvalue weighted by molar-refractivity contribution is -0.113. The number of allylic oxidation sites excluding steroid dienone is 3. The van der Waals surface area contributed by atoms with Gasteiger partial charge in [0.15, 0.2) is 5.78 Å². The predicted molar refractivity (Wildman–Crippen MR) is 88.8 cm³/mol. The van der Waals surface area contributed by atoms with Crippen LogP contribution < -0.4 is 5.32 Å². The van der Waals surface area contributed by atoms with Crippen LogP contribution in [0.4, 0.5) is 0 Å². The molecule has 1 aromatic rings. The molecular weight excluding hydrogens is 294 g/mol. The fraction of sp³-hybridized carbons (Fsp3) is 0.235. The van der Waals surface area contributed by atoms with Crippen LogP contribution in [0.5, 0.6) is 0 Å². The van der Waals surface area contributed by atoms with Crippen molar-refractivity contribution >= 4 is 17.5 Å². The summed E-state index contributed by atoms with van der Waals surface area (Å²) in [4.78, 5) is 16.2. The predicted octanol–water partition coefficient (Wildman–Crippen LogP) is 3.29. The molecule has 0 saturated carbocycles. The molecule has 22 heavy (non-hydrogen) atoms. The van der Waals surface area contributed by atoms with E-state index in [2.05, 4.69) is 22.9 Å². The van der Waals surface area contributed by atoms with Gasteiger partial charge in [-0.2, -0.15) is 5.26 Å². The molecule has 1 aliphatic heterocycles. The van der Waals surface area contributed by atoms with Crippen LogP contribution in [0, 0.1) is 11.3 Å². The van der Waals surface area contributed by atoms with Crippen molar-refractivity contribution in [2.24, 2.45) is 0 Å². The summed E-state index contributed by atoms with van der Waals surface area (Å²) < 4.78 is 0. The number of nitriles is 1. The Bertz CT molecular complexity index is 698. The first-order valence-electron chi connectivity index (χ1n) is 6.86. The number of rotatable bonds is 5. The second-order valence-electron chi connectivity index (χ2n) is 4.89. The zero-order chi connectivity index (χ0) is 16.1. The Morgan fingerprint density at radius 1 is 1.64 bits per heavy atom. The molecule has 1 atom stereocenters. The summed E-state index contributed by atoms with van der Waals surface area (Å²) in [6, 6.07) is 5.98. The molecular formula is C17H17N3OS. The Labute approximate surface area is 134 Å². The number of carbonyl (C=O) groups excluding carboxylic acids is 1. The van der Waals surface area contributed by atoms with Gasteiger partial charge in [-0.15, -0.1) is 18.3 Å². The molecule has 4 nitrogen and oxygen atoms in total. The highest BCUT2D eigenvalue weighted by atomic mass is 32.2. The summed E-state index contributed by atoms with van der Waals surface area (Å²) in [5.74, 6) is 0.278. The van der Waals surface area contributed by atoms with Gasteiger partial charge in [0.1, 0.15) is 0 Å². The van der Waals surface area contributed by atoms with Gasteiger partial charge in [-0.3, -0.25) is 9.78 Å². The fourth-order valence-electron chi connectivity index (χ4n) is 2.52. The van der Waals surface area contributed by atoms with Crippen LogP contribution in [0.3, 0.4) is 0 Å². The lowest BCUT2D eigenvalue weighted by Crippen LogP contribution is -2.27. The second-order valence-corrected chi connectivity index (χ2v) is 5.92. The highest BCUT2D eigenvalue weighted by Gasteiger charge is 2.32. The van der Waals surface area contributed by atoms with Crippen LogP contribution in [0.15, 0.2) is 59.1 Å². The van der Waals surface area contributed by atoms with Crippen LogP contribution in [0.1, 0.15) is 25.3 Å². The van der Waals surface area contributed by atoms with Gasteiger partial charge in [0.05, 0.1) is 22.6 Å². The van der Waals surface area contributed by atoms with Crippen molar-refractivity contribution in [3.05, 3.63) is 64.6 Å². The molecule has 0 radical (unpaired) electrons. The Balaban J connectivity index is 2.59. The van der Waals surface area contributed by atoms with Crippen molar-refractivity contribution in [3.63, 3.8) is 0 Å². The number of nitrogens with zero attached hydrogens (tertiary/aromatic N) is 2. The van der Waals surface area contributed by atoms with Gasteiger partial charge in [-0.25, -0.2) is 0 Å². The first-order chi connectivity index (χ1) is 10.6. The van der Waals surface area contributed by atoms with E-state index >= 15 is 0 Å². The van der Waals surface area contributed by atoms with Crippen molar-refractivity contribution in [1.29, 1.82) is 5.26 Å². The summed E-state index contributed by atoms with van der Waals surface area (Å²) >= 11 is 1.51. The zero-order valence-corrected chi connectivity index (χ0v) is 13.4. The Kier molecular flexibility index (Phi) is 5.18. The van der Waals surface area contributed by atoms with Crippen LogP contribution >= 0.6 is 11.8 Å². The minimum atomic E-state index is -0.371. The molecule has 0 amide bonds. The highest BCUT2D eigenvalue weighted by molar-refractivity contribution is 8.03. The maximum Gasteiger partial charge on any atom is 0.158 e. The molecule has 1 aliphatic rings. The fourth-order valence-corrected chi connectivity index (χ4v) is 3.34. The van der Waals surface area contributed by atoms with Gasteiger partial charge < -0.3 is 5.32 Å². The minimum absolute atomic E-state index is 0.0422. The van der Waals surface area contributed by atoms with E-state index in [0.29, 0.717) is 16.9 Å². The number of dihydropyridines is 1. The third-order valence-corrected chi connectivity index (χ3v) is 4.40. The number of aromatic nitrogens is 1. The van der Waals surface area contributed by atoms with E-state index in [0.717, 1.165) is 16.3 Å². The van der Waals surface area contributed by atoms with E-state index in [4.69, 9.17) is 0 Å². The number of hydrogen-bond donors (Lipinski definition) is 1. The highest BCUT2D eigenvalue weighted by Crippen LogP contribution is 2.40. The quantitative estimate of drug-likeness (QED) is 0.845. The number of Topliss-reactive ketones (excluding diaryl/α,β-unsaturated/α-hetero) is 1. The molecule has 2 heterocycles. The summed E-state index contributed by atoms with van der Waals surface area (Å²) in [7, 11) is 0. The molecule has 1 N–H and O–H groups in total. The van der Waals surface area contributed by atoms with Gasteiger partial charge >= 0.3 is 0 Å². The standard InChI is InChI=1S/C17H17N3OS/c1-4-8-22-17-14(9-18)16(13-6-5-7-19-10-13)15(12(3)21)11(2)20-17/h4-7,10,16,20H,1,8H2,2-3H3/t16-/m1/s1. The smallest absolute Gasteiger partial charge is 0.158 e. The van der Waals surface area contributed by atoms with Gasteiger partial charge in [0, 0.05) is 29.4 Å². The van der Waals surface area contributed by atoms with Crippen molar-refractivity contribution in [1.82, 2.24) is 10.3 Å². The monoisotopic (exact) mass is 311 g/mol. The maximum absolute atomic E-state index is 12.1. The van der Waals surface area contributed by atoms with Gasteiger partial charge in [0.2, 0.25) is 0 Å². The zero-order valence-electron chi connectivity index (χ0n) is 12.6. The minimum Gasteiger partial charge on any atom is -0.353 e. The van der Waals surface area contributed by atoms with Crippen LogP contribution in [0.2, 0.25) is 0 Å². The molecule has 2 rings (SSSR count). The third-order valence-electron chi connectivity index (χ3n) is 3.39. The molecule has 0 aliphatic carbocycles. The van der Waals surface area contributed by atoms with Crippen molar-refractivity contribution < 1.29 is 4.79 Å². The van der Waals surface area contributed by atoms with Crippen LogP contribution in [-0.2, 0) is 4.79 Å². The van der Waals surface area contributed by atoms with E-state index < -0.39 is 0 Å². The Morgan fingerprint density at radius 3 is 2.95 bits per heavy atom. The second kappa shape index (κ2) is 7.10. The van der Waals surface area contributed by atoms with E-state index in [9.17, 15) is 10.1 Å². The average Bonchev–Trinajstić information content (AvgIpc) is 2.52.